The number of carbonyl (C=O) groups is 1. The van der Waals surface area contributed by atoms with Crippen LogP contribution in [-0.4, -0.2) is 65.5 Å². The number of amides is 1. The SMILES string of the molecule is C[C@@H]1C[C@H](c2ccc(C#N)c3ncccc23)CN(C(=O)CN2C[C@H]3CC[C@@H]2CN3)C1. The van der Waals surface area contributed by atoms with Gasteiger partial charge in [0.1, 0.15) is 6.07 Å². The van der Waals surface area contributed by atoms with Crippen LogP contribution >= 0.6 is 0 Å². The zero-order valence-corrected chi connectivity index (χ0v) is 17.6. The Balaban J connectivity index is 1.36. The van der Waals surface area contributed by atoms with Gasteiger partial charge in [-0.3, -0.25) is 14.7 Å². The van der Waals surface area contributed by atoms with Crippen LogP contribution in [-0.2, 0) is 4.79 Å². The lowest BCUT2D eigenvalue weighted by Crippen LogP contribution is -2.62. The minimum Gasteiger partial charge on any atom is -0.341 e. The summed E-state index contributed by atoms with van der Waals surface area (Å²) in [6.45, 7) is 6.37. The number of benzene rings is 1. The van der Waals surface area contributed by atoms with E-state index in [4.69, 9.17) is 0 Å². The molecule has 6 nitrogen and oxygen atoms in total. The predicted molar refractivity (Wildman–Crippen MR) is 116 cm³/mol. The van der Waals surface area contributed by atoms with Crippen LogP contribution < -0.4 is 5.32 Å². The molecule has 1 N–H and O–H groups in total. The van der Waals surface area contributed by atoms with Gasteiger partial charge in [0, 0.05) is 55.8 Å². The molecule has 1 aromatic heterocycles. The monoisotopic (exact) mass is 403 g/mol. The molecule has 0 spiro atoms. The van der Waals surface area contributed by atoms with Crippen molar-refractivity contribution in [3.8, 4) is 6.07 Å². The molecule has 2 bridgehead atoms. The second-order valence-corrected chi connectivity index (χ2v) is 9.32. The number of piperidine rings is 3. The molecule has 4 aliphatic rings. The molecule has 6 heteroatoms. The molecule has 1 aromatic carbocycles. The highest BCUT2D eigenvalue weighted by atomic mass is 16.2. The number of carbonyl (C=O) groups excluding carboxylic acids is 1. The molecule has 30 heavy (non-hydrogen) atoms. The van der Waals surface area contributed by atoms with E-state index in [1.54, 1.807) is 6.20 Å². The van der Waals surface area contributed by atoms with Crippen molar-refractivity contribution in [1.82, 2.24) is 20.1 Å². The third-order valence-corrected chi connectivity index (χ3v) is 7.18. The Kier molecular flexibility index (Phi) is 5.18. The van der Waals surface area contributed by atoms with Crippen LogP contribution in [0.25, 0.3) is 10.9 Å². The summed E-state index contributed by atoms with van der Waals surface area (Å²) in [5, 5.41) is 14.1. The first-order valence-electron chi connectivity index (χ1n) is 11.2. The van der Waals surface area contributed by atoms with Gasteiger partial charge in [-0.05, 0) is 42.9 Å². The van der Waals surface area contributed by atoms with E-state index >= 15 is 0 Å². The number of likely N-dealkylation sites (tertiary alicyclic amines) is 1. The fourth-order valence-corrected chi connectivity index (χ4v) is 5.69. The summed E-state index contributed by atoms with van der Waals surface area (Å²) in [5.41, 5.74) is 2.59. The van der Waals surface area contributed by atoms with Crippen LogP contribution in [0.1, 0.15) is 43.2 Å². The summed E-state index contributed by atoms with van der Waals surface area (Å²) in [4.78, 5) is 22.2. The van der Waals surface area contributed by atoms with Crippen molar-refractivity contribution in [3.63, 3.8) is 0 Å². The van der Waals surface area contributed by atoms with Gasteiger partial charge in [0.05, 0.1) is 17.6 Å². The van der Waals surface area contributed by atoms with Crippen LogP contribution in [0.2, 0.25) is 0 Å². The average molecular weight is 404 g/mol. The van der Waals surface area contributed by atoms with Crippen LogP contribution in [0.15, 0.2) is 30.5 Å². The Labute approximate surface area is 177 Å². The number of hydrogen-bond donors (Lipinski definition) is 1. The van der Waals surface area contributed by atoms with Gasteiger partial charge in [0.2, 0.25) is 5.91 Å². The molecule has 2 aromatic rings. The van der Waals surface area contributed by atoms with Crippen molar-refractivity contribution >= 4 is 16.8 Å². The highest BCUT2D eigenvalue weighted by molar-refractivity contribution is 5.87. The van der Waals surface area contributed by atoms with Crippen LogP contribution in [0, 0.1) is 17.2 Å². The predicted octanol–water partition coefficient (Wildman–Crippen LogP) is 2.49. The Bertz CT molecular complexity index is 991. The van der Waals surface area contributed by atoms with Crippen molar-refractivity contribution in [2.45, 2.75) is 44.2 Å². The smallest absolute Gasteiger partial charge is 0.236 e. The number of nitriles is 1. The molecule has 4 aliphatic heterocycles. The lowest BCUT2D eigenvalue weighted by molar-refractivity contribution is -0.136. The first-order valence-corrected chi connectivity index (χ1v) is 11.2. The highest BCUT2D eigenvalue weighted by Crippen LogP contribution is 2.35. The van der Waals surface area contributed by atoms with E-state index in [1.165, 1.54) is 18.4 Å². The minimum absolute atomic E-state index is 0.259. The Morgan fingerprint density at radius 3 is 2.90 bits per heavy atom. The largest absolute Gasteiger partial charge is 0.341 e. The summed E-state index contributed by atoms with van der Waals surface area (Å²) in [6, 6.07) is 11.3. The van der Waals surface area contributed by atoms with Gasteiger partial charge in [-0.2, -0.15) is 5.26 Å². The maximum absolute atomic E-state index is 13.2. The number of pyridine rings is 1. The fraction of sp³-hybridized carbons (Fsp3) is 0.542. The number of nitrogens with zero attached hydrogens (tertiary/aromatic N) is 4. The van der Waals surface area contributed by atoms with Crippen LogP contribution in [0.5, 0.6) is 0 Å². The second kappa shape index (κ2) is 7.98. The lowest BCUT2D eigenvalue weighted by atomic mass is 9.83. The number of hydrogen-bond acceptors (Lipinski definition) is 5. The van der Waals surface area contributed by atoms with E-state index in [2.05, 4.69) is 45.2 Å². The molecular formula is C24H29N5O. The molecule has 0 aliphatic carbocycles. The van der Waals surface area contributed by atoms with E-state index in [9.17, 15) is 10.1 Å². The molecule has 4 atom stereocenters. The van der Waals surface area contributed by atoms with E-state index in [-0.39, 0.29) is 11.8 Å². The van der Waals surface area contributed by atoms with Gasteiger partial charge in [-0.1, -0.05) is 19.1 Å². The molecule has 0 unspecified atom stereocenters. The number of fused-ring (bicyclic) bond motifs is 4. The molecule has 0 radical (unpaired) electrons. The quantitative estimate of drug-likeness (QED) is 0.853. The van der Waals surface area contributed by atoms with Gasteiger partial charge in [-0.15, -0.1) is 0 Å². The first-order chi connectivity index (χ1) is 14.6. The number of piperazine rings is 1. The molecular weight excluding hydrogens is 374 g/mol. The Morgan fingerprint density at radius 2 is 2.17 bits per heavy atom. The van der Waals surface area contributed by atoms with Crippen LogP contribution in [0.4, 0.5) is 0 Å². The summed E-state index contributed by atoms with van der Waals surface area (Å²) in [7, 11) is 0. The molecule has 4 fully saturated rings. The van der Waals surface area contributed by atoms with Gasteiger partial charge >= 0.3 is 0 Å². The lowest BCUT2D eigenvalue weighted by Gasteiger charge is -2.46. The first kappa shape index (κ1) is 19.5. The van der Waals surface area contributed by atoms with E-state index < -0.39 is 0 Å². The molecule has 0 saturated carbocycles. The Hall–Kier alpha value is -2.49. The Morgan fingerprint density at radius 1 is 1.27 bits per heavy atom. The average Bonchev–Trinajstić information content (AvgIpc) is 2.78. The standard InChI is InChI=1S/C24H29N5O/c1-16-9-18(21-7-4-17(10-25)24-22(21)3-2-8-26-24)13-29(12-16)23(30)15-28-14-19-5-6-20(28)11-27-19/h2-4,7-8,16,18-20,27H,5-6,9,11-15H2,1H3/t16-,18+,19-,20-/m1/s1. The zero-order chi connectivity index (χ0) is 20.7. The number of nitrogens with one attached hydrogen (secondary N) is 1. The maximum atomic E-state index is 13.2. The van der Waals surface area contributed by atoms with E-state index in [0.717, 1.165) is 43.5 Å². The van der Waals surface area contributed by atoms with Crippen molar-refractivity contribution in [2.24, 2.45) is 5.92 Å². The fourth-order valence-electron chi connectivity index (χ4n) is 5.69. The second-order valence-electron chi connectivity index (χ2n) is 9.32. The topological polar surface area (TPSA) is 72.3 Å². The summed E-state index contributed by atoms with van der Waals surface area (Å²) >= 11 is 0. The third-order valence-electron chi connectivity index (χ3n) is 7.18. The highest BCUT2D eigenvalue weighted by Gasteiger charge is 2.36. The normalized spacial score (nSPS) is 29.1. The summed E-state index contributed by atoms with van der Waals surface area (Å²) < 4.78 is 0. The van der Waals surface area contributed by atoms with Gasteiger partial charge in [-0.25, -0.2) is 0 Å². The zero-order valence-electron chi connectivity index (χ0n) is 17.6. The molecule has 6 rings (SSSR count). The summed E-state index contributed by atoms with van der Waals surface area (Å²) in [6.07, 6.45) is 5.23. The van der Waals surface area contributed by atoms with Crippen LogP contribution in [0.3, 0.4) is 0 Å². The van der Waals surface area contributed by atoms with E-state index in [1.807, 2.05) is 12.1 Å². The van der Waals surface area contributed by atoms with Gasteiger partial charge in [0.25, 0.3) is 0 Å². The number of rotatable bonds is 3. The molecule has 156 valence electrons. The van der Waals surface area contributed by atoms with E-state index in [0.29, 0.717) is 30.1 Å². The van der Waals surface area contributed by atoms with Crippen molar-refractivity contribution in [3.05, 3.63) is 41.6 Å². The molecule has 5 heterocycles. The van der Waals surface area contributed by atoms with Crippen molar-refractivity contribution < 1.29 is 4.79 Å². The summed E-state index contributed by atoms with van der Waals surface area (Å²) in [5.74, 6) is 0.987. The third kappa shape index (κ3) is 3.57. The van der Waals surface area contributed by atoms with Crippen molar-refractivity contribution in [2.75, 3.05) is 32.7 Å². The van der Waals surface area contributed by atoms with Gasteiger partial charge in [0.15, 0.2) is 0 Å². The van der Waals surface area contributed by atoms with Crippen molar-refractivity contribution in [1.29, 1.82) is 5.26 Å². The molecule has 4 saturated heterocycles. The molecule has 1 amide bonds. The number of aromatic nitrogens is 1. The maximum Gasteiger partial charge on any atom is 0.236 e. The minimum atomic E-state index is 0.259. The van der Waals surface area contributed by atoms with Gasteiger partial charge < -0.3 is 10.2 Å².